The average molecular weight is 216 g/mol. The van der Waals surface area contributed by atoms with Gasteiger partial charge in [0.1, 0.15) is 0 Å². The second-order valence-corrected chi connectivity index (χ2v) is 4.56. The van der Waals surface area contributed by atoms with Gasteiger partial charge in [0.2, 0.25) is 0 Å². The SMILES string of the molecule is Cc1ccc([C@@H](C)NC2=NCCCC2)cc1. The van der Waals surface area contributed by atoms with Crippen LogP contribution >= 0.6 is 0 Å². The molecule has 0 aromatic heterocycles. The molecule has 0 saturated carbocycles. The van der Waals surface area contributed by atoms with Crippen molar-refractivity contribution in [1.29, 1.82) is 0 Å². The standard InChI is InChI=1S/C14H20N2/c1-11-6-8-13(9-7-11)12(2)16-14-5-3-4-10-15-14/h6-9,12H,3-5,10H2,1-2H3,(H,15,16)/t12-/m1/s1. The first-order valence-electron chi connectivity index (χ1n) is 6.12. The highest BCUT2D eigenvalue weighted by molar-refractivity contribution is 5.83. The quantitative estimate of drug-likeness (QED) is 0.806. The number of amidine groups is 1. The van der Waals surface area contributed by atoms with Crippen molar-refractivity contribution in [2.24, 2.45) is 4.99 Å². The molecule has 1 heterocycles. The molecule has 0 saturated heterocycles. The largest absolute Gasteiger partial charge is 0.367 e. The molecule has 2 heteroatoms. The molecule has 0 bridgehead atoms. The van der Waals surface area contributed by atoms with Gasteiger partial charge in [0.15, 0.2) is 0 Å². The minimum absolute atomic E-state index is 0.359. The third kappa shape index (κ3) is 2.84. The van der Waals surface area contributed by atoms with Crippen molar-refractivity contribution in [1.82, 2.24) is 5.32 Å². The summed E-state index contributed by atoms with van der Waals surface area (Å²) in [5, 5.41) is 3.50. The fraction of sp³-hybridized carbons (Fsp3) is 0.500. The van der Waals surface area contributed by atoms with Gasteiger partial charge in [-0.25, -0.2) is 0 Å². The summed E-state index contributed by atoms with van der Waals surface area (Å²) in [6, 6.07) is 9.07. The maximum atomic E-state index is 4.52. The van der Waals surface area contributed by atoms with Crippen LogP contribution in [0.25, 0.3) is 0 Å². The van der Waals surface area contributed by atoms with E-state index in [-0.39, 0.29) is 0 Å². The van der Waals surface area contributed by atoms with Gasteiger partial charge in [-0.1, -0.05) is 29.8 Å². The summed E-state index contributed by atoms with van der Waals surface area (Å²) >= 11 is 0. The van der Waals surface area contributed by atoms with Crippen molar-refractivity contribution in [3.8, 4) is 0 Å². The van der Waals surface area contributed by atoms with Crippen molar-refractivity contribution in [3.63, 3.8) is 0 Å². The zero-order chi connectivity index (χ0) is 11.4. The Morgan fingerprint density at radius 3 is 2.56 bits per heavy atom. The molecule has 2 rings (SSSR count). The van der Waals surface area contributed by atoms with E-state index in [2.05, 4.69) is 48.4 Å². The van der Waals surface area contributed by atoms with Crippen molar-refractivity contribution in [2.45, 2.75) is 39.2 Å². The molecule has 0 unspecified atom stereocenters. The normalized spacial score (nSPS) is 17.8. The Hall–Kier alpha value is -1.31. The Labute approximate surface area is 97.8 Å². The second-order valence-electron chi connectivity index (χ2n) is 4.56. The van der Waals surface area contributed by atoms with Crippen molar-refractivity contribution in [3.05, 3.63) is 35.4 Å². The van der Waals surface area contributed by atoms with Gasteiger partial charge in [0, 0.05) is 19.0 Å². The first-order chi connectivity index (χ1) is 7.75. The highest BCUT2D eigenvalue weighted by atomic mass is 15.0. The third-order valence-electron chi connectivity index (χ3n) is 3.08. The number of benzene rings is 1. The first kappa shape index (κ1) is 11.2. The van der Waals surface area contributed by atoms with Crippen LogP contribution in [0.3, 0.4) is 0 Å². The molecule has 1 N–H and O–H groups in total. The van der Waals surface area contributed by atoms with E-state index in [9.17, 15) is 0 Å². The number of nitrogens with zero attached hydrogens (tertiary/aromatic N) is 1. The molecule has 0 spiro atoms. The summed E-state index contributed by atoms with van der Waals surface area (Å²) < 4.78 is 0. The van der Waals surface area contributed by atoms with Crippen LogP contribution in [0.2, 0.25) is 0 Å². The molecule has 16 heavy (non-hydrogen) atoms. The lowest BCUT2D eigenvalue weighted by atomic mass is 10.1. The summed E-state index contributed by atoms with van der Waals surface area (Å²) in [5.41, 5.74) is 2.64. The van der Waals surface area contributed by atoms with Gasteiger partial charge in [0.25, 0.3) is 0 Å². The molecular formula is C14H20N2. The number of rotatable bonds is 2. The van der Waals surface area contributed by atoms with Crippen LogP contribution in [0.15, 0.2) is 29.3 Å². The lowest BCUT2D eigenvalue weighted by Crippen LogP contribution is -2.28. The predicted octanol–water partition coefficient (Wildman–Crippen LogP) is 3.23. The fourth-order valence-electron chi connectivity index (χ4n) is 2.00. The molecular weight excluding hydrogens is 196 g/mol. The van der Waals surface area contributed by atoms with E-state index >= 15 is 0 Å². The van der Waals surface area contributed by atoms with Crippen LogP contribution in [0.1, 0.15) is 43.4 Å². The summed E-state index contributed by atoms with van der Waals surface area (Å²) in [6.07, 6.45) is 3.62. The molecule has 1 atom stereocenters. The Morgan fingerprint density at radius 2 is 1.94 bits per heavy atom. The highest BCUT2D eigenvalue weighted by Crippen LogP contribution is 2.14. The van der Waals surface area contributed by atoms with E-state index in [1.54, 1.807) is 0 Å². The Kier molecular flexibility index (Phi) is 3.60. The molecule has 1 aliphatic rings. The van der Waals surface area contributed by atoms with Crippen LogP contribution in [0.4, 0.5) is 0 Å². The van der Waals surface area contributed by atoms with Crippen LogP contribution < -0.4 is 5.32 Å². The van der Waals surface area contributed by atoms with E-state index < -0.39 is 0 Å². The van der Waals surface area contributed by atoms with Crippen LogP contribution in [-0.2, 0) is 0 Å². The maximum absolute atomic E-state index is 4.52. The first-order valence-corrected chi connectivity index (χ1v) is 6.12. The van der Waals surface area contributed by atoms with Gasteiger partial charge < -0.3 is 5.32 Å². The number of aliphatic imine (C=N–C) groups is 1. The van der Waals surface area contributed by atoms with Crippen molar-refractivity contribution < 1.29 is 0 Å². The van der Waals surface area contributed by atoms with Gasteiger partial charge >= 0.3 is 0 Å². The lowest BCUT2D eigenvalue weighted by Gasteiger charge is -2.20. The number of hydrogen-bond donors (Lipinski definition) is 1. The molecule has 0 radical (unpaired) electrons. The zero-order valence-electron chi connectivity index (χ0n) is 10.2. The van der Waals surface area contributed by atoms with Crippen molar-refractivity contribution >= 4 is 5.84 Å². The molecule has 0 amide bonds. The van der Waals surface area contributed by atoms with E-state index in [0.717, 1.165) is 13.0 Å². The Bertz CT molecular complexity index is 365. The Morgan fingerprint density at radius 1 is 1.19 bits per heavy atom. The monoisotopic (exact) mass is 216 g/mol. The smallest absolute Gasteiger partial charge is 0.0967 e. The lowest BCUT2D eigenvalue weighted by molar-refractivity contribution is 0.656. The summed E-state index contributed by atoms with van der Waals surface area (Å²) in [4.78, 5) is 4.52. The van der Waals surface area contributed by atoms with Gasteiger partial charge in [-0.2, -0.15) is 0 Å². The van der Waals surface area contributed by atoms with Gasteiger partial charge in [-0.05, 0) is 32.3 Å². The van der Waals surface area contributed by atoms with Crippen LogP contribution in [0, 0.1) is 6.92 Å². The molecule has 1 aliphatic heterocycles. The topological polar surface area (TPSA) is 24.4 Å². The minimum atomic E-state index is 0.359. The van der Waals surface area contributed by atoms with Gasteiger partial charge in [-0.3, -0.25) is 4.99 Å². The molecule has 0 aliphatic carbocycles. The Balaban J connectivity index is 1.99. The highest BCUT2D eigenvalue weighted by Gasteiger charge is 2.09. The molecule has 86 valence electrons. The molecule has 1 aromatic rings. The second kappa shape index (κ2) is 5.15. The predicted molar refractivity (Wildman–Crippen MR) is 68.9 cm³/mol. The fourth-order valence-corrected chi connectivity index (χ4v) is 2.00. The van der Waals surface area contributed by atoms with Gasteiger partial charge in [0.05, 0.1) is 5.84 Å². The van der Waals surface area contributed by atoms with Crippen LogP contribution in [0.5, 0.6) is 0 Å². The maximum Gasteiger partial charge on any atom is 0.0967 e. The van der Waals surface area contributed by atoms with E-state index in [4.69, 9.17) is 0 Å². The number of aryl methyl sites for hydroxylation is 1. The number of nitrogens with one attached hydrogen (secondary N) is 1. The van der Waals surface area contributed by atoms with Crippen molar-refractivity contribution in [2.75, 3.05) is 6.54 Å². The third-order valence-corrected chi connectivity index (χ3v) is 3.08. The average Bonchev–Trinajstić information content (AvgIpc) is 2.31. The minimum Gasteiger partial charge on any atom is -0.367 e. The van der Waals surface area contributed by atoms with E-state index in [0.29, 0.717) is 6.04 Å². The summed E-state index contributed by atoms with van der Waals surface area (Å²) in [6.45, 7) is 5.30. The van der Waals surface area contributed by atoms with Gasteiger partial charge in [-0.15, -0.1) is 0 Å². The molecule has 1 aromatic carbocycles. The molecule has 2 nitrogen and oxygen atoms in total. The number of hydrogen-bond acceptors (Lipinski definition) is 2. The molecule has 0 fully saturated rings. The van der Waals surface area contributed by atoms with Crippen LogP contribution in [-0.4, -0.2) is 12.4 Å². The summed E-state index contributed by atoms with van der Waals surface area (Å²) in [7, 11) is 0. The zero-order valence-corrected chi connectivity index (χ0v) is 10.2. The van der Waals surface area contributed by atoms with E-state index in [1.807, 2.05) is 0 Å². The summed E-state index contributed by atoms with van der Waals surface area (Å²) in [5.74, 6) is 1.18. The van der Waals surface area contributed by atoms with E-state index in [1.165, 1.54) is 29.8 Å².